The molecule has 0 fully saturated rings. The van der Waals surface area contributed by atoms with Gasteiger partial charge >= 0.3 is 0 Å². The van der Waals surface area contributed by atoms with E-state index in [1.54, 1.807) is 30.3 Å². The molecule has 0 aliphatic carbocycles. The van der Waals surface area contributed by atoms with E-state index in [2.05, 4.69) is 0 Å². The van der Waals surface area contributed by atoms with Crippen LogP contribution >= 0.6 is 45.8 Å². The van der Waals surface area contributed by atoms with Gasteiger partial charge in [0.15, 0.2) is 0 Å². The molecule has 82 valence electrons. The molecule has 2 aromatic rings. The van der Waals surface area contributed by atoms with Crippen LogP contribution in [0, 0.1) is 9.39 Å². The molecule has 0 saturated carbocycles. The molecule has 0 aliphatic heterocycles. The fourth-order valence-electron chi connectivity index (χ4n) is 1.40. The summed E-state index contributed by atoms with van der Waals surface area (Å²) in [5.41, 5.74) is 1.78. The molecular formula is C12H6Cl2FI. The van der Waals surface area contributed by atoms with Crippen molar-refractivity contribution in [1.29, 1.82) is 0 Å². The van der Waals surface area contributed by atoms with Gasteiger partial charge in [-0.25, -0.2) is 4.39 Å². The van der Waals surface area contributed by atoms with Crippen LogP contribution < -0.4 is 0 Å². The summed E-state index contributed by atoms with van der Waals surface area (Å²) in [6, 6.07) is 10.2. The fourth-order valence-corrected chi connectivity index (χ4v) is 2.44. The van der Waals surface area contributed by atoms with Gasteiger partial charge in [0.1, 0.15) is 5.82 Å². The van der Waals surface area contributed by atoms with Gasteiger partial charge in [-0.3, -0.25) is 0 Å². The predicted octanol–water partition coefficient (Wildman–Crippen LogP) is 5.40. The quantitative estimate of drug-likeness (QED) is 0.592. The van der Waals surface area contributed by atoms with E-state index in [0.717, 1.165) is 11.1 Å². The third-order valence-electron chi connectivity index (χ3n) is 2.12. The second-order valence-corrected chi connectivity index (χ2v) is 5.32. The zero-order valence-electron chi connectivity index (χ0n) is 7.98. The second-order valence-electron chi connectivity index (χ2n) is 3.29. The monoisotopic (exact) mass is 366 g/mol. The fraction of sp³-hybridized carbons (Fsp3) is 0. The van der Waals surface area contributed by atoms with Crippen molar-refractivity contribution in [2.24, 2.45) is 0 Å². The Kier molecular flexibility index (Phi) is 3.72. The number of hydrogen-bond donors (Lipinski definition) is 0. The summed E-state index contributed by atoms with van der Waals surface area (Å²) in [5, 5.41) is 1.14. The van der Waals surface area contributed by atoms with Crippen molar-refractivity contribution in [3.8, 4) is 11.1 Å². The summed E-state index contributed by atoms with van der Waals surface area (Å²) in [5.74, 6) is -0.225. The van der Waals surface area contributed by atoms with Gasteiger partial charge in [0.05, 0.1) is 0 Å². The zero-order chi connectivity index (χ0) is 11.7. The molecule has 2 aromatic carbocycles. The van der Waals surface area contributed by atoms with Crippen LogP contribution in [0.15, 0.2) is 36.4 Å². The molecule has 0 aliphatic rings. The van der Waals surface area contributed by atoms with Crippen molar-refractivity contribution in [1.82, 2.24) is 0 Å². The van der Waals surface area contributed by atoms with Crippen LogP contribution in [-0.4, -0.2) is 0 Å². The normalized spacial score (nSPS) is 10.5. The highest BCUT2D eigenvalue weighted by atomic mass is 127. The molecule has 0 radical (unpaired) electrons. The minimum absolute atomic E-state index is 0.225. The average molecular weight is 367 g/mol. The first-order valence-corrected chi connectivity index (χ1v) is 6.31. The van der Waals surface area contributed by atoms with Gasteiger partial charge in [-0.15, -0.1) is 0 Å². The van der Waals surface area contributed by atoms with Crippen LogP contribution in [0.2, 0.25) is 10.0 Å². The second kappa shape index (κ2) is 4.90. The number of benzene rings is 2. The average Bonchev–Trinajstić information content (AvgIpc) is 2.20. The van der Waals surface area contributed by atoms with Crippen LogP contribution in [0.5, 0.6) is 0 Å². The molecule has 0 atom stereocenters. The maximum Gasteiger partial charge on any atom is 0.136 e. The first kappa shape index (κ1) is 12.1. The molecule has 16 heavy (non-hydrogen) atoms. The van der Waals surface area contributed by atoms with E-state index in [4.69, 9.17) is 23.2 Å². The summed E-state index contributed by atoms with van der Waals surface area (Å²) in [7, 11) is 0. The van der Waals surface area contributed by atoms with Crippen molar-refractivity contribution in [2.45, 2.75) is 0 Å². The standard InChI is InChI=1S/C12H6Cl2FI/c13-9-3-8(4-10(14)6-9)7-1-2-11(15)12(16)5-7/h1-6H. The first-order valence-electron chi connectivity index (χ1n) is 4.48. The Morgan fingerprint density at radius 3 is 2.06 bits per heavy atom. The van der Waals surface area contributed by atoms with E-state index in [-0.39, 0.29) is 5.82 Å². The highest BCUT2D eigenvalue weighted by Crippen LogP contribution is 2.28. The van der Waals surface area contributed by atoms with Gasteiger partial charge in [-0.2, -0.15) is 0 Å². The molecule has 0 saturated heterocycles. The maximum atomic E-state index is 13.1. The molecule has 0 amide bonds. The van der Waals surface area contributed by atoms with Gasteiger partial charge < -0.3 is 0 Å². The third-order valence-corrected chi connectivity index (χ3v) is 3.38. The van der Waals surface area contributed by atoms with Gasteiger partial charge in [-0.1, -0.05) is 29.3 Å². The van der Waals surface area contributed by atoms with Crippen molar-refractivity contribution in [3.05, 3.63) is 55.8 Å². The Morgan fingerprint density at radius 1 is 0.875 bits per heavy atom. The maximum absolute atomic E-state index is 13.1. The van der Waals surface area contributed by atoms with Crippen molar-refractivity contribution >= 4 is 45.8 Å². The summed E-state index contributed by atoms with van der Waals surface area (Å²) >= 11 is 13.8. The number of hydrogen-bond acceptors (Lipinski definition) is 0. The van der Waals surface area contributed by atoms with Crippen LogP contribution in [0.25, 0.3) is 11.1 Å². The molecule has 0 bridgehead atoms. The Balaban J connectivity index is 2.54. The van der Waals surface area contributed by atoms with Crippen molar-refractivity contribution in [3.63, 3.8) is 0 Å². The smallest absolute Gasteiger partial charge is 0.136 e. The SMILES string of the molecule is Fc1ccc(-c2cc(Cl)cc(Cl)c2)cc1I. The Labute approximate surface area is 117 Å². The van der Waals surface area contributed by atoms with E-state index >= 15 is 0 Å². The predicted molar refractivity (Wildman–Crippen MR) is 74.6 cm³/mol. The lowest BCUT2D eigenvalue weighted by atomic mass is 10.1. The third kappa shape index (κ3) is 2.67. The lowest BCUT2D eigenvalue weighted by Gasteiger charge is -2.04. The van der Waals surface area contributed by atoms with E-state index in [1.807, 2.05) is 22.6 Å². The van der Waals surface area contributed by atoms with Crippen LogP contribution in [0.4, 0.5) is 4.39 Å². The molecule has 0 nitrogen and oxygen atoms in total. The van der Waals surface area contributed by atoms with E-state index in [0.29, 0.717) is 13.6 Å². The van der Waals surface area contributed by atoms with Crippen LogP contribution in [0.1, 0.15) is 0 Å². The summed E-state index contributed by atoms with van der Waals surface area (Å²) in [6.45, 7) is 0. The molecule has 4 heteroatoms. The lowest BCUT2D eigenvalue weighted by Crippen LogP contribution is -1.84. The van der Waals surface area contributed by atoms with Crippen LogP contribution in [-0.2, 0) is 0 Å². The summed E-state index contributed by atoms with van der Waals surface area (Å²) in [6.07, 6.45) is 0. The van der Waals surface area contributed by atoms with Crippen molar-refractivity contribution in [2.75, 3.05) is 0 Å². The molecule has 0 unspecified atom stereocenters. The largest absolute Gasteiger partial charge is 0.206 e. The summed E-state index contributed by atoms with van der Waals surface area (Å²) < 4.78 is 13.7. The Hall–Kier alpha value is -0.320. The lowest BCUT2D eigenvalue weighted by molar-refractivity contribution is 0.620. The van der Waals surface area contributed by atoms with E-state index < -0.39 is 0 Å². The minimum Gasteiger partial charge on any atom is -0.206 e. The van der Waals surface area contributed by atoms with Gasteiger partial charge in [0, 0.05) is 13.6 Å². The molecule has 2 rings (SSSR count). The Bertz CT molecular complexity index is 520. The van der Waals surface area contributed by atoms with Gasteiger partial charge in [0.25, 0.3) is 0 Å². The number of halogens is 4. The minimum atomic E-state index is -0.225. The molecule has 0 aromatic heterocycles. The van der Waals surface area contributed by atoms with Crippen molar-refractivity contribution < 1.29 is 4.39 Å². The molecule has 0 spiro atoms. The molecule has 0 heterocycles. The molecular weight excluding hydrogens is 361 g/mol. The zero-order valence-corrected chi connectivity index (χ0v) is 11.6. The topological polar surface area (TPSA) is 0 Å². The van der Waals surface area contributed by atoms with Gasteiger partial charge in [0.2, 0.25) is 0 Å². The van der Waals surface area contributed by atoms with E-state index in [9.17, 15) is 4.39 Å². The Morgan fingerprint density at radius 2 is 1.50 bits per heavy atom. The first-order chi connectivity index (χ1) is 7.56. The summed E-state index contributed by atoms with van der Waals surface area (Å²) in [4.78, 5) is 0. The molecule has 0 N–H and O–H groups in total. The number of rotatable bonds is 1. The van der Waals surface area contributed by atoms with Gasteiger partial charge in [-0.05, 0) is 64.0 Å². The van der Waals surface area contributed by atoms with Crippen LogP contribution in [0.3, 0.4) is 0 Å². The highest BCUT2D eigenvalue weighted by molar-refractivity contribution is 14.1. The highest BCUT2D eigenvalue weighted by Gasteiger charge is 2.04. The van der Waals surface area contributed by atoms with E-state index in [1.165, 1.54) is 6.07 Å².